The highest BCUT2D eigenvalue weighted by Crippen LogP contribution is 2.36. The number of unbranched alkanes of at least 4 members (excludes halogenated alkanes) is 1. The molecule has 2 aromatic heterocycles. The molecule has 3 rings (SSSR count). The normalized spacial score (nSPS) is 10.8. The van der Waals surface area contributed by atoms with E-state index in [1.807, 2.05) is 31.2 Å². The van der Waals surface area contributed by atoms with Crippen LogP contribution in [0.2, 0.25) is 5.15 Å². The third-order valence-electron chi connectivity index (χ3n) is 3.71. The molecule has 0 amide bonds. The number of aromatic nitrogens is 2. The van der Waals surface area contributed by atoms with Crippen molar-refractivity contribution in [3.05, 3.63) is 53.6 Å². The first-order valence-electron chi connectivity index (χ1n) is 8.17. The quantitative estimate of drug-likeness (QED) is 0.360. The third-order valence-corrected chi connectivity index (χ3v) is 5.00. The van der Waals surface area contributed by atoms with Gasteiger partial charge in [0.25, 0.3) is 0 Å². The van der Waals surface area contributed by atoms with Crippen molar-refractivity contribution in [3.8, 4) is 5.75 Å². The Balaban J connectivity index is 1.92. The summed E-state index contributed by atoms with van der Waals surface area (Å²) in [7, 11) is 0. The van der Waals surface area contributed by atoms with Crippen LogP contribution in [0.5, 0.6) is 5.75 Å². The van der Waals surface area contributed by atoms with Crippen molar-refractivity contribution in [1.29, 1.82) is 0 Å². The van der Waals surface area contributed by atoms with Crippen LogP contribution in [-0.2, 0) is 4.74 Å². The van der Waals surface area contributed by atoms with Crippen molar-refractivity contribution in [1.82, 2.24) is 9.97 Å². The zero-order valence-electron chi connectivity index (χ0n) is 14.1. The van der Waals surface area contributed by atoms with Crippen LogP contribution in [0.4, 0.5) is 0 Å². The van der Waals surface area contributed by atoms with E-state index < -0.39 is 5.97 Å². The van der Waals surface area contributed by atoms with Crippen molar-refractivity contribution in [3.63, 3.8) is 0 Å². The Morgan fingerprint density at radius 3 is 2.69 bits per heavy atom. The Kier molecular flexibility index (Phi) is 5.96. The minimum atomic E-state index is -0.671. The second-order valence-corrected chi connectivity index (χ2v) is 7.09. The first-order chi connectivity index (χ1) is 12.6. The van der Waals surface area contributed by atoms with Gasteiger partial charge < -0.3 is 9.84 Å². The number of carbonyl (C=O) groups is 1. The summed E-state index contributed by atoms with van der Waals surface area (Å²) in [4.78, 5) is 22.1. The van der Waals surface area contributed by atoms with Crippen molar-refractivity contribution in [2.45, 2.75) is 29.6 Å². The second-order valence-electron chi connectivity index (χ2n) is 5.58. The predicted molar refractivity (Wildman–Crippen MR) is 102 cm³/mol. The molecule has 0 fully saturated rings. The number of nitrogens with zero attached hydrogens (tertiary/aromatic N) is 2. The molecule has 0 aliphatic rings. The van der Waals surface area contributed by atoms with Crippen LogP contribution in [0.1, 0.15) is 30.3 Å². The summed E-state index contributed by atoms with van der Waals surface area (Å²) in [6, 6.07) is 9.23. The molecular formula is C19H17ClN2O3S. The lowest BCUT2D eigenvalue weighted by atomic mass is 10.1. The van der Waals surface area contributed by atoms with Crippen molar-refractivity contribution < 1.29 is 14.6 Å². The van der Waals surface area contributed by atoms with E-state index in [-0.39, 0.29) is 23.2 Å². The molecule has 2 heterocycles. The zero-order valence-corrected chi connectivity index (χ0v) is 15.7. The number of hydrogen-bond donors (Lipinski definition) is 1. The zero-order chi connectivity index (χ0) is 18.5. The van der Waals surface area contributed by atoms with Crippen molar-refractivity contribution >= 4 is 40.1 Å². The molecule has 0 saturated heterocycles. The van der Waals surface area contributed by atoms with Gasteiger partial charge in [-0.25, -0.2) is 9.78 Å². The Bertz CT molecular complexity index is 935. The maximum absolute atomic E-state index is 12.1. The van der Waals surface area contributed by atoms with Gasteiger partial charge in [-0.2, -0.15) is 0 Å². The monoisotopic (exact) mass is 388 g/mol. The summed E-state index contributed by atoms with van der Waals surface area (Å²) in [6.45, 7) is 2.28. The highest BCUT2D eigenvalue weighted by atomic mass is 35.5. The first kappa shape index (κ1) is 18.5. The Morgan fingerprint density at radius 1 is 1.19 bits per heavy atom. The number of esters is 1. The summed E-state index contributed by atoms with van der Waals surface area (Å²) in [5.41, 5.74) is -0.159. The second kappa shape index (κ2) is 8.38. The van der Waals surface area contributed by atoms with Gasteiger partial charge in [0, 0.05) is 33.0 Å². The lowest BCUT2D eigenvalue weighted by Crippen LogP contribution is -2.09. The van der Waals surface area contributed by atoms with E-state index in [1.54, 1.807) is 30.2 Å². The lowest BCUT2D eigenvalue weighted by molar-refractivity contribution is 0.0489. The number of pyridine rings is 2. The van der Waals surface area contributed by atoms with E-state index in [2.05, 4.69) is 9.97 Å². The van der Waals surface area contributed by atoms with Gasteiger partial charge in [0.1, 0.15) is 5.15 Å². The standard InChI is InChI=1S/C19H17ClN2O3S/c1-2-3-10-25-19(24)16-17(23)14-5-4-13(11-15(14)18(20)22-16)26-12-6-8-21-9-7-12/h4-9,11,23H,2-3,10H2,1H3. The summed E-state index contributed by atoms with van der Waals surface area (Å²) in [5, 5.41) is 11.6. The van der Waals surface area contributed by atoms with Gasteiger partial charge in [-0.1, -0.05) is 36.7 Å². The molecule has 26 heavy (non-hydrogen) atoms. The molecule has 7 heteroatoms. The molecule has 5 nitrogen and oxygen atoms in total. The van der Waals surface area contributed by atoms with Gasteiger partial charge >= 0.3 is 5.97 Å². The van der Waals surface area contributed by atoms with Gasteiger partial charge in [0.05, 0.1) is 6.61 Å². The molecule has 3 aromatic rings. The van der Waals surface area contributed by atoms with Crippen LogP contribution in [0.15, 0.2) is 52.5 Å². The Labute approximate surface area is 160 Å². The number of halogens is 1. The molecule has 0 saturated carbocycles. The maximum Gasteiger partial charge on any atom is 0.360 e. The third kappa shape index (κ3) is 4.08. The van der Waals surface area contributed by atoms with Crippen LogP contribution in [0.3, 0.4) is 0 Å². The van der Waals surface area contributed by atoms with Crippen molar-refractivity contribution in [2.75, 3.05) is 6.61 Å². The fraction of sp³-hybridized carbons (Fsp3) is 0.211. The summed E-state index contributed by atoms with van der Waals surface area (Å²) < 4.78 is 5.13. The maximum atomic E-state index is 12.1. The van der Waals surface area contributed by atoms with E-state index in [1.165, 1.54) is 0 Å². The van der Waals surface area contributed by atoms with Crippen LogP contribution in [-0.4, -0.2) is 27.7 Å². The van der Waals surface area contributed by atoms with Gasteiger partial charge in [0.15, 0.2) is 11.4 Å². The van der Waals surface area contributed by atoms with Gasteiger partial charge in [-0.15, -0.1) is 0 Å². The Hall–Kier alpha value is -2.31. The van der Waals surface area contributed by atoms with E-state index in [0.29, 0.717) is 10.8 Å². The summed E-state index contributed by atoms with van der Waals surface area (Å²) in [6.07, 6.45) is 5.10. The average molecular weight is 389 g/mol. The summed E-state index contributed by atoms with van der Waals surface area (Å²) in [5.74, 6) is -0.888. The minimum absolute atomic E-state index is 0.150. The predicted octanol–water partition coefficient (Wildman–Crippen LogP) is 5.10. The van der Waals surface area contributed by atoms with E-state index in [9.17, 15) is 9.90 Å². The summed E-state index contributed by atoms with van der Waals surface area (Å²) >= 11 is 7.81. The molecule has 0 spiro atoms. The molecule has 1 N–H and O–H groups in total. The molecule has 0 aliphatic heterocycles. The van der Waals surface area contributed by atoms with Crippen molar-refractivity contribution in [2.24, 2.45) is 0 Å². The fourth-order valence-corrected chi connectivity index (χ4v) is 3.45. The Morgan fingerprint density at radius 2 is 1.96 bits per heavy atom. The smallest absolute Gasteiger partial charge is 0.360 e. The molecule has 0 radical (unpaired) electrons. The molecule has 134 valence electrons. The molecule has 0 unspecified atom stereocenters. The van der Waals surface area contributed by atoms with Gasteiger partial charge in [-0.05, 0) is 36.8 Å². The number of fused-ring (bicyclic) bond motifs is 1. The highest BCUT2D eigenvalue weighted by Gasteiger charge is 2.20. The number of hydrogen-bond acceptors (Lipinski definition) is 6. The molecule has 1 aromatic carbocycles. The number of carbonyl (C=O) groups excluding carboxylic acids is 1. The number of rotatable bonds is 6. The van der Waals surface area contributed by atoms with Crippen LogP contribution in [0, 0.1) is 0 Å². The van der Waals surface area contributed by atoms with Gasteiger partial charge in [0.2, 0.25) is 0 Å². The van der Waals surface area contributed by atoms with E-state index in [0.717, 1.165) is 22.6 Å². The topological polar surface area (TPSA) is 72.3 Å². The average Bonchev–Trinajstić information content (AvgIpc) is 2.65. The number of aromatic hydroxyl groups is 1. The van der Waals surface area contributed by atoms with E-state index >= 15 is 0 Å². The van der Waals surface area contributed by atoms with Crippen LogP contribution >= 0.6 is 23.4 Å². The van der Waals surface area contributed by atoms with Gasteiger partial charge in [-0.3, -0.25) is 4.98 Å². The van der Waals surface area contributed by atoms with E-state index in [4.69, 9.17) is 16.3 Å². The SMILES string of the molecule is CCCCOC(=O)c1nc(Cl)c2cc(Sc3ccncc3)ccc2c1O. The van der Waals surface area contributed by atoms with Crippen LogP contribution < -0.4 is 0 Å². The molecule has 0 bridgehead atoms. The number of ether oxygens (including phenoxy) is 1. The minimum Gasteiger partial charge on any atom is -0.505 e. The van der Waals surface area contributed by atoms with Crippen LogP contribution in [0.25, 0.3) is 10.8 Å². The lowest BCUT2D eigenvalue weighted by Gasteiger charge is -2.10. The fourth-order valence-electron chi connectivity index (χ4n) is 2.37. The number of benzene rings is 1. The molecular weight excluding hydrogens is 372 g/mol. The first-order valence-corrected chi connectivity index (χ1v) is 9.36. The highest BCUT2D eigenvalue weighted by molar-refractivity contribution is 7.99. The largest absolute Gasteiger partial charge is 0.505 e. The molecule has 0 atom stereocenters. The molecule has 0 aliphatic carbocycles.